The Labute approximate surface area is 114 Å². The summed E-state index contributed by atoms with van der Waals surface area (Å²) in [6, 6.07) is 0.560. The summed E-state index contributed by atoms with van der Waals surface area (Å²) in [6.07, 6.45) is 6.77. The van der Waals surface area contributed by atoms with Crippen LogP contribution < -0.4 is 5.32 Å². The van der Waals surface area contributed by atoms with Gasteiger partial charge < -0.3 is 5.32 Å². The minimum absolute atomic E-state index is 0. The van der Waals surface area contributed by atoms with Crippen LogP contribution in [0.2, 0.25) is 0 Å². The predicted molar refractivity (Wildman–Crippen MR) is 61.7 cm³/mol. The van der Waals surface area contributed by atoms with Gasteiger partial charge in [-0.2, -0.15) is 8.42 Å². The monoisotopic (exact) mass is 244 g/mol. The maximum atomic E-state index is 10.4. The molecule has 0 bridgehead atoms. The van der Waals surface area contributed by atoms with Gasteiger partial charge in [0.05, 0.1) is 5.75 Å². The summed E-state index contributed by atoms with van der Waals surface area (Å²) in [6.45, 7) is 0.685. The third-order valence-electron chi connectivity index (χ3n) is 2.62. The SMILES string of the molecule is O=S(=O)(O)CCCNC1CCCCC1.[Na]. The molecule has 0 atom stereocenters. The van der Waals surface area contributed by atoms with Gasteiger partial charge in [-0.3, -0.25) is 4.55 Å². The average molecular weight is 244 g/mol. The van der Waals surface area contributed by atoms with Gasteiger partial charge in [0.2, 0.25) is 0 Å². The molecule has 1 saturated carbocycles. The zero-order valence-electron chi connectivity index (χ0n) is 9.41. The van der Waals surface area contributed by atoms with E-state index in [2.05, 4.69) is 5.32 Å². The zero-order chi connectivity index (χ0) is 10.4. The molecule has 1 aliphatic rings. The summed E-state index contributed by atoms with van der Waals surface area (Å²) in [5, 5.41) is 3.32. The number of rotatable bonds is 5. The molecule has 1 rings (SSSR count). The van der Waals surface area contributed by atoms with Crippen LogP contribution in [0.25, 0.3) is 0 Å². The van der Waals surface area contributed by atoms with Crippen molar-refractivity contribution in [2.24, 2.45) is 0 Å². The topological polar surface area (TPSA) is 66.4 Å². The Morgan fingerprint density at radius 1 is 1.20 bits per heavy atom. The molecule has 0 unspecified atom stereocenters. The second-order valence-corrected chi connectivity index (χ2v) is 5.50. The van der Waals surface area contributed by atoms with Gasteiger partial charge in [0.25, 0.3) is 10.1 Å². The van der Waals surface area contributed by atoms with Crippen LogP contribution >= 0.6 is 0 Å². The van der Waals surface area contributed by atoms with Gasteiger partial charge >= 0.3 is 0 Å². The van der Waals surface area contributed by atoms with E-state index in [4.69, 9.17) is 4.55 Å². The Morgan fingerprint density at radius 3 is 2.33 bits per heavy atom. The molecule has 0 aromatic heterocycles. The Kier molecular flexibility index (Phi) is 8.50. The van der Waals surface area contributed by atoms with Crippen LogP contribution in [-0.4, -0.2) is 60.9 Å². The molecule has 0 aromatic rings. The summed E-state index contributed by atoms with van der Waals surface area (Å²) in [4.78, 5) is 0. The van der Waals surface area contributed by atoms with Crippen LogP contribution in [0, 0.1) is 0 Å². The first-order valence-electron chi connectivity index (χ1n) is 5.26. The standard InChI is InChI=1S/C9H19NO3S.Na/c11-14(12,13)8-4-7-10-9-5-2-1-3-6-9;/h9-10H,1-8H2,(H,11,12,13);. The fourth-order valence-corrected chi connectivity index (χ4v) is 2.38. The summed E-state index contributed by atoms with van der Waals surface area (Å²) < 4.78 is 29.3. The summed E-state index contributed by atoms with van der Waals surface area (Å²) in [5.41, 5.74) is 0. The van der Waals surface area contributed by atoms with Crippen LogP contribution in [0.15, 0.2) is 0 Å². The van der Waals surface area contributed by atoms with E-state index < -0.39 is 10.1 Å². The Balaban J connectivity index is 0.00000196. The van der Waals surface area contributed by atoms with E-state index in [-0.39, 0.29) is 35.3 Å². The van der Waals surface area contributed by atoms with Crippen molar-refractivity contribution in [3.8, 4) is 0 Å². The van der Waals surface area contributed by atoms with Crippen LogP contribution in [0.5, 0.6) is 0 Å². The minimum Gasteiger partial charge on any atom is -0.314 e. The first kappa shape index (κ1) is 15.9. The van der Waals surface area contributed by atoms with E-state index in [1.165, 1.54) is 32.1 Å². The Morgan fingerprint density at radius 2 is 1.80 bits per heavy atom. The summed E-state index contributed by atoms with van der Waals surface area (Å²) >= 11 is 0. The van der Waals surface area contributed by atoms with Gasteiger partial charge in [-0.15, -0.1) is 0 Å². The molecule has 0 aliphatic heterocycles. The van der Waals surface area contributed by atoms with Crippen LogP contribution in [0.1, 0.15) is 38.5 Å². The second-order valence-electron chi connectivity index (χ2n) is 3.93. The molecule has 4 nitrogen and oxygen atoms in total. The van der Waals surface area contributed by atoms with Crippen molar-refractivity contribution in [1.82, 2.24) is 5.32 Å². The predicted octanol–water partition coefficient (Wildman–Crippen LogP) is 0.806. The van der Waals surface area contributed by atoms with E-state index >= 15 is 0 Å². The maximum absolute atomic E-state index is 10.4. The van der Waals surface area contributed by atoms with Gasteiger partial charge in [-0.05, 0) is 25.8 Å². The van der Waals surface area contributed by atoms with Gasteiger partial charge in [-0.25, -0.2) is 0 Å². The molecule has 15 heavy (non-hydrogen) atoms. The molecule has 2 N–H and O–H groups in total. The molecule has 1 aliphatic carbocycles. The van der Waals surface area contributed by atoms with Crippen molar-refractivity contribution in [1.29, 1.82) is 0 Å². The Hall–Kier alpha value is 0.870. The normalized spacial score (nSPS) is 18.5. The Bertz CT molecular complexity index is 250. The van der Waals surface area contributed by atoms with E-state index in [0.717, 1.165) is 0 Å². The quantitative estimate of drug-likeness (QED) is 0.426. The first-order valence-corrected chi connectivity index (χ1v) is 6.87. The summed E-state index contributed by atoms with van der Waals surface area (Å²) in [5.74, 6) is -0.132. The molecular formula is C9H19NNaO3S. The molecule has 6 heteroatoms. The van der Waals surface area contributed by atoms with E-state index in [1.54, 1.807) is 0 Å². The molecule has 1 fully saturated rings. The molecule has 0 spiro atoms. The van der Waals surface area contributed by atoms with E-state index in [0.29, 0.717) is 19.0 Å². The minimum atomic E-state index is -3.77. The van der Waals surface area contributed by atoms with Gasteiger partial charge in [0.1, 0.15) is 0 Å². The van der Waals surface area contributed by atoms with Crippen molar-refractivity contribution in [3.63, 3.8) is 0 Å². The maximum Gasteiger partial charge on any atom is 0.264 e. The van der Waals surface area contributed by atoms with Crippen molar-refractivity contribution in [2.45, 2.75) is 44.6 Å². The smallest absolute Gasteiger partial charge is 0.264 e. The second kappa shape index (κ2) is 8.03. The molecular weight excluding hydrogens is 225 g/mol. The van der Waals surface area contributed by atoms with Gasteiger partial charge in [0.15, 0.2) is 0 Å². The zero-order valence-corrected chi connectivity index (χ0v) is 12.2. The van der Waals surface area contributed by atoms with Crippen molar-refractivity contribution in [3.05, 3.63) is 0 Å². The molecule has 0 heterocycles. The van der Waals surface area contributed by atoms with Crippen LogP contribution in [0.4, 0.5) is 0 Å². The number of hydrogen-bond donors (Lipinski definition) is 2. The average Bonchev–Trinajstić information content (AvgIpc) is 2.13. The summed E-state index contributed by atoms with van der Waals surface area (Å²) in [7, 11) is -3.77. The van der Waals surface area contributed by atoms with Crippen molar-refractivity contribution >= 4 is 39.7 Å². The number of hydrogen-bond acceptors (Lipinski definition) is 3. The van der Waals surface area contributed by atoms with Crippen molar-refractivity contribution < 1.29 is 13.0 Å². The molecule has 85 valence electrons. The fourth-order valence-electron chi connectivity index (χ4n) is 1.87. The van der Waals surface area contributed by atoms with Crippen LogP contribution in [0.3, 0.4) is 0 Å². The van der Waals surface area contributed by atoms with E-state index in [9.17, 15) is 8.42 Å². The largest absolute Gasteiger partial charge is 0.314 e. The molecule has 1 radical (unpaired) electrons. The van der Waals surface area contributed by atoms with E-state index in [1.807, 2.05) is 0 Å². The first-order chi connectivity index (χ1) is 6.58. The fraction of sp³-hybridized carbons (Fsp3) is 1.00. The van der Waals surface area contributed by atoms with Gasteiger partial charge in [0, 0.05) is 35.6 Å². The van der Waals surface area contributed by atoms with Crippen LogP contribution in [-0.2, 0) is 10.1 Å². The third-order valence-corrected chi connectivity index (χ3v) is 3.42. The number of nitrogens with one attached hydrogen (secondary N) is 1. The molecule has 0 aromatic carbocycles. The molecule has 0 amide bonds. The third kappa shape index (κ3) is 8.65. The van der Waals surface area contributed by atoms with Gasteiger partial charge in [-0.1, -0.05) is 19.3 Å². The molecule has 0 saturated heterocycles. The van der Waals surface area contributed by atoms with Crippen molar-refractivity contribution in [2.75, 3.05) is 12.3 Å².